The number of aldehydes is 1. The number of aromatic nitrogens is 3. The minimum absolute atomic E-state index is 0.00969. The van der Waals surface area contributed by atoms with Gasteiger partial charge in [0.1, 0.15) is 23.0 Å². The molecule has 12 heteroatoms. The van der Waals surface area contributed by atoms with Gasteiger partial charge in [-0.05, 0) is 62.6 Å². The van der Waals surface area contributed by atoms with E-state index >= 15 is 0 Å². The molecule has 200 valence electrons. The molecule has 2 bridgehead atoms. The number of halogens is 1. The molecule has 1 aliphatic heterocycles. The highest BCUT2D eigenvalue weighted by Crippen LogP contribution is 2.41. The Hall–Kier alpha value is -3.83. The largest absolute Gasteiger partial charge is 0.453 e. The highest BCUT2D eigenvalue weighted by atomic mass is 35.5. The van der Waals surface area contributed by atoms with E-state index in [1.807, 2.05) is 7.05 Å². The number of pyridine rings is 1. The number of carbonyl (C=O) groups is 4. The molecule has 1 aromatic carbocycles. The van der Waals surface area contributed by atoms with Crippen molar-refractivity contribution >= 4 is 58.1 Å². The molecule has 2 fully saturated rings. The lowest BCUT2D eigenvalue weighted by Crippen LogP contribution is -2.45. The van der Waals surface area contributed by atoms with Crippen LogP contribution in [0.4, 0.5) is 16.3 Å². The van der Waals surface area contributed by atoms with E-state index in [1.54, 1.807) is 36.4 Å². The van der Waals surface area contributed by atoms with Crippen LogP contribution in [-0.2, 0) is 20.9 Å². The third-order valence-electron chi connectivity index (χ3n) is 6.90. The highest BCUT2D eigenvalue weighted by Gasteiger charge is 2.47. The Bertz CT molecular complexity index is 1370. The summed E-state index contributed by atoms with van der Waals surface area (Å²) in [4.78, 5) is 52.0. The summed E-state index contributed by atoms with van der Waals surface area (Å²) in [6, 6.07) is 10.8. The van der Waals surface area contributed by atoms with Crippen molar-refractivity contribution in [2.75, 3.05) is 24.8 Å². The first-order valence-corrected chi connectivity index (χ1v) is 12.5. The second-order valence-corrected chi connectivity index (χ2v) is 9.66. The molecule has 2 aromatic heterocycles. The van der Waals surface area contributed by atoms with Crippen molar-refractivity contribution in [3.63, 3.8) is 0 Å². The molecule has 2 N–H and O–H groups in total. The first-order valence-electron chi connectivity index (χ1n) is 12.2. The van der Waals surface area contributed by atoms with E-state index < -0.39 is 6.09 Å². The lowest BCUT2D eigenvalue weighted by molar-refractivity contribution is -0.122. The summed E-state index contributed by atoms with van der Waals surface area (Å²) < 4.78 is 5.95. The van der Waals surface area contributed by atoms with Gasteiger partial charge >= 0.3 is 6.09 Å². The summed E-state index contributed by atoms with van der Waals surface area (Å²) in [6.07, 6.45) is 3.64. The zero-order chi connectivity index (χ0) is 27.4. The van der Waals surface area contributed by atoms with Gasteiger partial charge in [-0.3, -0.25) is 24.5 Å². The SMILES string of the molecule is CN1C2CCC(C2)C1C(=O)Nc1cccc(Cl)n1.COC(=O)Nc1ccc2c(c1)c(C(C)=O)nn2CC=O. The van der Waals surface area contributed by atoms with Crippen LogP contribution in [0.2, 0.25) is 5.15 Å². The van der Waals surface area contributed by atoms with Crippen LogP contribution < -0.4 is 10.6 Å². The summed E-state index contributed by atoms with van der Waals surface area (Å²) in [5.74, 6) is 0.859. The van der Waals surface area contributed by atoms with Gasteiger partial charge in [0, 0.05) is 24.0 Å². The maximum atomic E-state index is 12.3. The van der Waals surface area contributed by atoms with Gasteiger partial charge in [0.05, 0.1) is 25.2 Å². The number of anilines is 2. The second-order valence-electron chi connectivity index (χ2n) is 9.27. The van der Waals surface area contributed by atoms with E-state index in [-0.39, 0.29) is 30.0 Å². The summed E-state index contributed by atoms with van der Waals surface area (Å²) >= 11 is 5.81. The molecule has 1 saturated carbocycles. The Balaban J connectivity index is 0.000000178. The number of carbonyl (C=O) groups excluding carboxylic acids is 4. The molecule has 38 heavy (non-hydrogen) atoms. The van der Waals surface area contributed by atoms with E-state index in [0.29, 0.717) is 45.8 Å². The monoisotopic (exact) mass is 540 g/mol. The van der Waals surface area contributed by atoms with Crippen molar-refractivity contribution in [2.45, 2.75) is 44.8 Å². The third-order valence-corrected chi connectivity index (χ3v) is 7.12. The molecule has 11 nitrogen and oxygen atoms in total. The molecule has 0 spiro atoms. The minimum Gasteiger partial charge on any atom is -0.453 e. The number of hydrogen-bond donors (Lipinski definition) is 2. The number of hydrogen-bond acceptors (Lipinski definition) is 8. The van der Waals surface area contributed by atoms with E-state index in [9.17, 15) is 19.2 Å². The molecular formula is C26H29ClN6O5. The molecule has 3 heterocycles. The van der Waals surface area contributed by atoms with Crippen LogP contribution in [0.3, 0.4) is 0 Å². The Morgan fingerprint density at radius 3 is 2.61 bits per heavy atom. The maximum absolute atomic E-state index is 12.3. The van der Waals surface area contributed by atoms with Crippen molar-refractivity contribution in [2.24, 2.45) is 5.92 Å². The number of benzene rings is 1. The molecule has 1 aliphatic carbocycles. The number of amides is 2. The van der Waals surface area contributed by atoms with E-state index in [0.717, 1.165) is 12.8 Å². The van der Waals surface area contributed by atoms with Crippen LogP contribution >= 0.6 is 11.6 Å². The zero-order valence-corrected chi connectivity index (χ0v) is 22.1. The predicted molar refractivity (Wildman–Crippen MR) is 142 cm³/mol. The number of ether oxygens (including phenoxy) is 1. The minimum atomic E-state index is -0.603. The maximum Gasteiger partial charge on any atom is 0.411 e. The molecule has 3 atom stereocenters. The van der Waals surface area contributed by atoms with Crippen LogP contribution in [0.25, 0.3) is 10.9 Å². The van der Waals surface area contributed by atoms with Crippen molar-refractivity contribution in [3.05, 3.63) is 47.2 Å². The molecule has 2 amide bonds. The quantitative estimate of drug-likeness (QED) is 0.274. The fraction of sp³-hybridized carbons (Fsp3) is 0.385. The van der Waals surface area contributed by atoms with Gasteiger partial charge in [-0.15, -0.1) is 0 Å². The van der Waals surface area contributed by atoms with Crippen LogP contribution in [-0.4, -0.2) is 70.0 Å². The number of rotatable bonds is 6. The Morgan fingerprint density at radius 1 is 1.18 bits per heavy atom. The van der Waals surface area contributed by atoms with Gasteiger partial charge < -0.3 is 14.8 Å². The number of ketones is 1. The van der Waals surface area contributed by atoms with Gasteiger partial charge in [-0.25, -0.2) is 9.78 Å². The van der Waals surface area contributed by atoms with Crippen molar-refractivity contribution in [1.29, 1.82) is 0 Å². The topological polar surface area (TPSA) is 136 Å². The second kappa shape index (κ2) is 11.7. The van der Waals surface area contributed by atoms with Gasteiger partial charge in [0.25, 0.3) is 0 Å². The van der Waals surface area contributed by atoms with Crippen LogP contribution in [0, 0.1) is 5.92 Å². The molecular weight excluding hydrogens is 512 g/mol. The number of likely N-dealkylation sites (N-methyl/N-ethyl adjacent to an activating group) is 1. The van der Waals surface area contributed by atoms with Crippen LogP contribution in [0.1, 0.15) is 36.7 Å². The summed E-state index contributed by atoms with van der Waals surface area (Å²) in [5.41, 5.74) is 1.39. The molecule has 2 aliphatic rings. The summed E-state index contributed by atoms with van der Waals surface area (Å²) in [5, 5.41) is 10.5. The van der Waals surface area contributed by atoms with Crippen LogP contribution in [0.15, 0.2) is 36.4 Å². The highest BCUT2D eigenvalue weighted by molar-refractivity contribution is 6.29. The Labute approximate surface area is 224 Å². The number of Topliss-reactive ketones (excluding diaryl/α,β-unsaturated/α-hetero) is 1. The lowest BCUT2D eigenvalue weighted by Gasteiger charge is -2.30. The Kier molecular flexibility index (Phi) is 8.38. The number of likely N-dealkylation sites (tertiary alicyclic amines) is 1. The molecule has 3 unspecified atom stereocenters. The smallest absolute Gasteiger partial charge is 0.411 e. The third kappa shape index (κ3) is 5.84. The number of piperidine rings is 1. The van der Waals surface area contributed by atoms with E-state index in [2.05, 4.69) is 30.4 Å². The van der Waals surface area contributed by atoms with Crippen molar-refractivity contribution in [1.82, 2.24) is 19.7 Å². The normalized spacial score (nSPS) is 19.9. The van der Waals surface area contributed by atoms with Gasteiger partial charge in [-0.2, -0.15) is 5.10 Å². The molecule has 3 aromatic rings. The average Bonchev–Trinajstić information content (AvgIpc) is 3.58. The first kappa shape index (κ1) is 27.2. The molecule has 5 rings (SSSR count). The molecule has 0 radical (unpaired) electrons. The van der Waals surface area contributed by atoms with E-state index in [4.69, 9.17) is 11.6 Å². The average molecular weight is 541 g/mol. The van der Waals surface area contributed by atoms with Crippen molar-refractivity contribution in [3.8, 4) is 0 Å². The summed E-state index contributed by atoms with van der Waals surface area (Å²) in [7, 11) is 3.30. The predicted octanol–water partition coefficient (Wildman–Crippen LogP) is 3.77. The van der Waals surface area contributed by atoms with Crippen molar-refractivity contribution < 1.29 is 23.9 Å². The Morgan fingerprint density at radius 2 is 1.97 bits per heavy atom. The van der Waals surface area contributed by atoms with Gasteiger partial charge in [0.2, 0.25) is 5.91 Å². The number of methoxy groups -OCH3 is 1. The van der Waals surface area contributed by atoms with Gasteiger partial charge in [0.15, 0.2) is 5.78 Å². The number of nitrogens with one attached hydrogen (secondary N) is 2. The standard InChI is InChI=1S/C13H16ClN3O.C13H13N3O4/c1-17-9-6-5-8(7-9)12(17)13(18)16-11-4-2-3-10(14)15-11;1-8(18)12-10-7-9(14-13(19)20-2)3-4-11(10)16(15-12)5-6-17/h2-4,8-9,12H,5-7H2,1H3,(H,15,16,18);3-4,6-7H,5H2,1-2H3,(H,14,19). The zero-order valence-electron chi connectivity index (χ0n) is 21.3. The number of fused-ring (bicyclic) bond motifs is 3. The van der Waals surface area contributed by atoms with Gasteiger partial charge in [-0.1, -0.05) is 17.7 Å². The first-order chi connectivity index (χ1) is 18.2. The summed E-state index contributed by atoms with van der Waals surface area (Å²) in [6.45, 7) is 1.46. The van der Waals surface area contributed by atoms with Crippen LogP contribution in [0.5, 0.6) is 0 Å². The lowest BCUT2D eigenvalue weighted by atomic mass is 9.98. The fourth-order valence-electron chi connectivity index (χ4n) is 5.18. The fourth-order valence-corrected chi connectivity index (χ4v) is 5.34. The van der Waals surface area contributed by atoms with E-state index in [1.165, 1.54) is 25.1 Å². The molecule has 1 saturated heterocycles. The number of nitrogens with zero attached hydrogens (tertiary/aromatic N) is 4.